The van der Waals surface area contributed by atoms with Gasteiger partial charge < -0.3 is 15.0 Å². The lowest BCUT2D eigenvalue weighted by molar-refractivity contribution is -0.122. The lowest BCUT2D eigenvalue weighted by atomic mass is 10.2. The molecule has 0 aromatic rings. The fraction of sp³-hybridized carbons (Fsp3) is 0.667. The molecular weight excluding hydrogens is 220 g/mol. The molecule has 0 fully saturated rings. The first-order valence-electron chi connectivity index (χ1n) is 5.34. The van der Waals surface area contributed by atoms with Gasteiger partial charge in [-0.2, -0.15) is 0 Å². The van der Waals surface area contributed by atoms with E-state index in [0.29, 0.717) is 0 Å². The fourth-order valence-electron chi connectivity index (χ4n) is 0.802. The van der Waals surface area contributed by atoms with Crippen LogP contribution in [0.25, 0.3) is 0 Å². The van der Waals surface area contributed by atoms with E-state index in [-0.39, 0.29) is 5.91 Å². The maximum absolute atomic E-state index is 11.4. The molecular formula is C12H20N2O3. The first-order chi connectivity index (χ1) is 7.61. The van der Waals surface area contributed by atoms with E-state index in [4.69, 9.17) is 4.74 Å². The van der Waals surface area contributed by atoms with Gasteiger partial charge in [0.15, 0.2) is 0 Å². The highest BCUT2D eigenvalue weighted by molar-refractivity contribution is 5.93. The molecule has 0 rings (SSSR count). The number of hydrogen-bond donors (Lipinski definition) is 1. The zero-order chi connectivity index (χ0) is 13.6. The normalized spacial score (nSPS) is 11.9. The first kappa shape index (κ1) is 15.3. The Morgan fingerprint density at radius 1 is 1.29 bits per heavy atom. The quantitative estimate of drug-likeness (QED) is 0.695. The third-order valence-corrected chi connectivity index (χ3v) is 1.54. The van der Waals surface area contributed by atoms with Gasteiger partial charge in [-0.3, -0.25) is 4.79 Å². The Balaban J connectivity index is 4.23. The molecule has 2 amide bonds. The zero-order valence-electron chi connectivity index (χ0n) is 11.2. The highest BCUT2D eigenvalue weighted by atomic mass is 16.6. The van der Waals surface area contributed by atoms with Crippen molar-refractivity contribution in [1.82, 2.24) is 10.2 Å². The van der Waals surface area contributed by atoms with Crippen LogP contribution in [-0.2, 0) is 9.53 Å². The summed E-state index contributed by atoms with van der Waals surface area (Å²) < 4.78 is 5.05. The molecule has 0 aromatic heterocycles. The molecule has 0 radical (unpaired) electrons. The van der Waals surface area contributed by atoms with E-state index >= 15 is 0 Å². The number of hydrogen-bond acceptors (Lipinski definition) is 3. The van der Waals surface area contributed by atoms with Crippen LogP contribution in [0, 0.1) is 11.8 Å². The number of carbonyl (C=O) groups is 2. The number of nitrogens with zero attached hydrogens (tertiary/aromatic N) is 1. The molecule has 0 aromatic carbocycles. The van der Waals surface area contributed by atoms with Crippen molar-refractivity contribution in [2.24, 2.45) is 0 Å². The maximum atomic E-state index is 11.4. The highest BCUT2D eigenvalue weighted by Gasteiger charge is 2.16. The Morgan fingerprint density at radius 3 is 2.24 bits per heavy atom. The molecule has 0 saturated carbocycles. The van der Waals surface area contributed by atoms with Crippen molar-refractivity contribution in [3.05, 3.63) is 0 Å². The lowest BCUT2D eigenvalue weighted by Crippen LogP contribution is -2.37. The van der Waals surface area contributed by atoms with Gasteiger partial charge in [0.1, 0.15) is 5.60 Å². The molecule has 0 saturated heterocycles. The largest absolute Gasteiger partial charge is 0.444 e. The Morgan fingerprint density at radius 2 is 1.82 bits per heavy atom. The number of amides is 2. The second kappa shape index (κ2) is 6.14. The van der Waals surface area contributed by atoms with E-state index in [2.05, 4.69) is 17.2 Å². The van der Waals surface area contributed by atoms with Crippen LogP contribution >= 0.6 is 0 Å². The summed E-state index contributed by atoms with van der Waals surface area (Å²) in [4.78, 5) is 23.9. The fourth-order valence-corrected chi connectivity index (χ4v) is 0.802. The first-order valence-corrected chi connectivity index (χ1v) is 5.34. The molecule has 5 nitrogen and oxygen atoms in total. The molecule has 17 heavy (non-hydrogen) atoms. The van der Waals surface area contributed by atoms with Gasteiger partial charge in [-0.05, 0) is 33.6 Å². The van der Waals surface area contributed by atoms with Gasteiger partial charge in [0.05, 0.1) is 6.04 Å². The summed E-state index contributed by atoms with van der Waals surface area (Å²) in [6, 6.07) is -0.436. The Kier molecular flexibility index (Phi) is 5.52. The van der Waals surface area contributed by atoms with E-state index in [0.717, 1.165) is 0 Å². The van der Waals surface area contributed by atoms with Gasteiger partial charge in [-0.1, -0.05) is 5.92 Å². The SMILES string of the molecule is CC(C#CC(=O)N(C)C)NC(=O)OC(C)(C)C. The maximum Gasteiger partial charge on any atom is 0.408 e. The summed E-state index contributed by atoms with van der Waals surface area (Å²) in [6.45, 7) is 7.01. The number of alkyl carbamates (subject to hydrolysis) is 1. The summed E-state index contributed by atoms with van der Waals surface area (Å²) in [5, 5.41) is 2.53. The van der Waals surface area contributed by atoms with Crippen molar-refractivity contribution in [3.8, 4) is 11.8 Å². The van der Waals surface area contributed by atoms with Crippen molar-refractivity contribution in [3.63, 3.8) is 0 Å². The number of nitrogens with one attached hydrogen (secondary N) is 1. The van der Waals surface area contributed by atoms with E-state index in [9.17, 15) is 9.59 Å². The standard InChI is InChI=1S/C12H20N2O3/c1-9(7-8-10(15)14(5)6)13-11(16)17-12(2,3)4/h9H,1-6H3,(H,13,16). The molecule has 1 atom stereocenters. The Labute approximate surface area is 102 Å². The Bertz CT molecular complexity index is 345. The number of ether oxygens (including phenoxy) is 1. The smallest absolute Gasteiger partial charge is 0.408 e. The monoisotopic (exact) mass is 240 g/mol. The lowest BCUT2D eigenvalue weighted by Gasteiger charge is -2.20. The molecule has 5 heteroatoms. The summed E-state index contributed by atoms with van der Waals surface area (Å²) in [6.07, 6.45) is -0.545. The van der Waals surface area contributed by atoms with Crippen LogP contribution in [0.15, 0.2) is 0 Å². The molecule has 96 valence electrons. The third kappa shape index (κ3) is 8.14. The topological polar surface area (TPSA) is 58.6 Å². The summed E-state index contributed by atoms with van der Waals surface area (Å²) in [5.74, 6) is 4.74. The van der Waals surface area contributed by atoms with Crippen LogP contribution in [0.3, 0.4) is 0 Å². The molecule has 0 aliphatic carbocycles. The minimum atomic E-state index is -0.545. The van der Waals surface area contributed by atoms with Crippen molar-refractivity contribution < 1.29 is 14.3 Å². The second-order valence-corrected chi connectivity index (χ2v) is 4.84. The van der Waals surface area contributed by atoms with Gasteiger partial charge in [-0.25, -0.2) is 4.79 Å². The zero-order valence-corrected chi connectivity index (χ0v) is 11.2. The molecule has 0 aliphatic heterocycles. The summed E-state index contributed by atoms with van der Waals surface area (Å²) >= 11 is 0. The molecule has 1 N–H and O–H groups in total. The Hall–Kier alpha value is -1.70. The predicted molar refractivity (Wildman–Crippen MR) is 65.3 cm³/mol. The average molecular weight is 240 g/mol. The molecule has 0 heterocycles. The van der Waals surface area contributed by atoms with Gasteiger partial charge in [0.25, 0.3) is 5.91 Å². The van der Waals surface area contributed by atoms with Crippen LogP contribution in [-0.4, -0.2) is 42.6 Å². The predicted octanol–water partition coefficient (Wildman–Crippen LogP) is 0.991. The molecule has 0 bridgehead atoms. The van der Waals surface area contributed by atoms with Crippen molar-refractivity contribution in [1.29, 1.82) is 0 Å². The molecule has 1 unspecified atom stereocenters. The van der Waals surface area contributed by atoms with Gasteiger partial charge in [0, 0.05) is 14.1 Å². The average Bonchev–Trinajstić information content (AvgIpc) is 2.10. The van der Waals surface area contributed by atoms with Crippen molar-refractivity contribution >= 4 is 12.0 Å². The number of rotatable bonds is 1. The highest BCUT2D eigenvalue weighted by Crippen LogP contribution is 2.06. The second-order valence-electron chi connectivity index (χ2n) is 4.84. The minimum absolute atomic E-state index is 0.303. The van der Waals surface area contributed by atoms with Crippen LogP contribution in [0.1, 0.15) is 27.7 Å². The van der Waals surface area contributed by atoms with Gasteiger partial charge in [-0.15, -0.1) is 0 Å². The minimum Gasteiger partial charge on any atom is -0.444 e. The van der Waals surface area contributed by atoms with E-state index in [1.165, 1.54) is 4.90 Å². The van der Waals surface area contributed by atoms with Crippen LogP contribution < -0.4 is 5.32 Å². The van der Waals surface area contributed by atoms with Crippen molar-refractivity contribution in [2.45, 2.75) is 39.3 Å². The van der Waals surface area contributed by atoms with Crippen LogP contribution in [0.5, 0.6) is 0 Å². The van der Waals surface area contributed by atoms with Crippen LogP contribution in [0.2, 0.25) is 0 Å². The van der Waals surface area contributed by atoms with Crippen molar-refractivity contribution in [2.75, 3.05) is 14.1 Å². The summed E-state index contributed by atoms with van der Waals surface area (Å²) in [7, 11) is 3.23. The van der Waals surface area contributed by atoms with E-state index < -0.39 is 17.7 Å². The van der Waals surface area contributed by atoms with E-state index in [1.807, 2.05) is 0 Å². The third-order valence-electron chi connectivity index (χ3n) is 1.54. The van der Waals surface area contributed by atoms with E-state index in [1.54, 1.807) is 41.8 Å². The van der Waals surface area contributed by atoms with Gasteiger partial charge in [0.2, 0.25) is 0 Å². The van der Waals surface area contributed by atoms with Crippen LogP contribution in [0.4, 0.5) is 4.79 Å². The molecule has 0 spiro atoms. The van der Waals surface area contributed by atoms with Gasteiger partial charge >= 0.3 is 6.09 Å². The number of carbonyl (C=O) groups excluding carboxylic acids is 2. The molecule has 0 aliphatic rings. The summed E-state index contributed by atoms with van der Waals surface area (Å²) in [5.41, 5.74) is -0.545.